The molecule has 2 saturated heterocycles. The first-order valence-corrected chi connectivity index (χ1v) is 10.8. The van der Waals surface area contributed by atoms with E-state index in [0.29, 0.717) is 24.2 Å². The summed E-state index contributed by atoms with van der Waals surface area (Å²) < 4.78 is 0. The lowest BCUT2D eigenvalue weighted by atomic mass is 9.97. The number of amides is 2. The maximum Gasteiger partial charge on any atom is 0.257 e. The van der Waals surface area contributed by atoms with Crippen LogP contribution in [-0.4, -0.2) is 72.5 Å². The van der Waals surface area contributed by atoms with Crippen LogP contribution < -0.4 is 9.80 Å². The second-order valence-corrected chi connectivity index (χ2v) is 8.28. The van der Waals surface area contributed by atoms with Crippen LogP contribution in [0.1, 0.15) is 40.0 Å². The van der Waals surface area contributed by atoms with Gasteiger partial charge in [0.25, 0.3) is 11.8 Å². The highest BCUT2D eigenvalue weighted by atomic mass is 16.2. The normalized spacial score (nSPS) is 21.4. The van der Waals surface area contributed by atoms with E-state index in [4.69, 9.17) is 0 Å². The first kappa shape index (κ1) is 18.9. The molecule has 30 heavy (non-hydrogen) atoms. The van der Waals surface area contributed by atoms with Crippen molar-refractivity contribution in [2.24, 2.45) is 0 Å². The molecule has 3 aliphatic heterocycles. The first-order chi connectivity index (χ1) is 14.6. The molecule has 0 spiro atoms. The molecule has 2 amide bonds. The van der Waals surface area contributed by atoms with Crippen molar-refractivity contribution >= 4 is 23.3 Å². The summed E-state index contributed by atoms with van der Waals surface area (Å²) in [7, 11) is 2.04. The van der Waals surface area contributed by atoms with Gasteiger partial charge in [-0.3, -0.25) is 9.59 Å². The molecule has 0 N–H and O–H groups in total. The summed E-state index contributed by atoms with van der Waals surface area (Å²) in [6, 6.07) is 11.4. The lowest BCUT2D eigenvalue weighted by Gasteiger charge is -2.46. The third kappa shape index (κ3) is 3.18. The van der Waals surface area contributed by atoms with Crippen LogP contribution in [0.15, 0.2) is 42.6 Å². The van der Waals surface area contributed by atoms with Crippen LogP contribution in [-0.2, 0) is 0 Å². The third-order valence-corrected chi connectivity index (χ3v) is 6.57. The molecule has 3 aliphatic rings. The Morgan fingerprint density at radius 2 is 1.87 bits per heavy atom. The van der Waals surface area contributed by atoms with Crippen LogP contribution in [0, 0.1) is 0 Å². The van der Waals surface area contributed by atoms with E-state index in [1.54, 1.807) is 6.20 Å². The van der Waals surface area contributed by atoms with E-state index in [9.17, 15) is 9.59 Å². The number of piperazine rings is 1. The molecule has 5 rings (SSSR count). The highest BCUT2D eigenvalue weighted by Crippen LogP contribution is 2.35. The summed E-state index contributed by atoms with van der Waals surface area (Å²) >= 11 is 0. The van der Waals surface area contributed by atoms with Gasteiger partial charge in [0.15, 0.2) is 0 Å². The maximum atomic E-state index is 13.2. The molecule has 0 aliphatic carbocycles. The molecule has 2 fully saturated rings. The fourth-order valence-corrected chi connectivity index (χ4v) is 4.87. The van der Waals surface area contributed by atoms with Gasteiger partial charge in [0.2, 0.25) is 0 Å². The molecule has 0 bridgehead atoms. The standard InChI is InChI=1S/C23H27N5O2/c1-25-19-16-17(8-9-18(19)23(30)28-11-5-3-7-21(25)28)22(29)27-14-12-26(13-15-27)20-6-2-4-10-24-20/h2,4,6,8-10,16,21H,3,5,7,11-15H2,1H3. The van der Waals surface area contributed by atoms with E-state index in [1.165, 1.54) is 0 Å². The summed E-state index contributed by atoms with van der Waals surface area (Å²) in [6.07, 6.45) is 5.08. The number of rotatable bonds is 2. The Balaban J connectivity index is 1.33. The zero-order valence-corrected chi connectivity index (χ0v) is 17.3. The Kier molecular flexibility index (Phi) is 4.81. The quantitative estimate of drug-likeness (QED) is 0.768. The number of anilines is 2. The van der Waals surface area contributed by atoms with Crippen molar-refractivity contribution in [3.8, 4) is 0 Å². The number of carbonyl (C=O) groups excluding carboxylic acids is 2. The molecule has 4 heterocycles. The van der Waals surface area contributed by atoms with Gasteiger partial charge in [0.05, 0.1) is 11.3 Å². The lowest BCUT2D eigenvalue weighted by molar-refractivity contribution is 0.0588. The molecule has 1 atom stereocenters. The maximum absolute atomic E-state index is 13.2. The number of hydrogen-bond acceptors (Lipinski definition) is 5. The summed E-state index contributed by atoms with van der Waals surface area (Å²) in [5.74, 6) is 1.08. The summed E-state index contributed by atoms with van der Waals surface area (Å²) in [6.45, 7) is 3.68. The zero-order chi connectivity index (χ0) is 20.7. The number of fused-ring (bicyclic) bond motifs is 2. The number of carbonyl (C=O) groups is 2. The molecular weight excluding hydrogens is 378 g/mol. The number of benzene rings is 1. The van der Waals surface area contributed by atoms with E-state index in [-0.39, 0.29) is 18.0 Å². The average molecular weight is 406 g/mol. The molecule has 2 aromatic rings. The number of pyridine rings is 1. The van der Waals surface area contributed by atoms with Gasteiger partial charge in [-0.1, -0.05) is 6.07 Å². The predicted molar refractivity (Wildman–Crippen MR) is 116 cm³/mol. The highest BCUT2D eigenvalue weighted by molar-refractivity contribution is 6.04. The molecular formula is C23H27N5O2. The Hall–Kier alpha value is -3.09. The smallest absolute Gasteiger partial charge is 0.257 e. The fraction of sp³-hybridized carbons (Fsp3) is 0.435. The van der Waals surface area contributed by atoms with Crippen molar-refractivity contribution in [1.82, 2.24) is 14.8 Å². The van der Waals surface area contributed by atoms with Gasteiger partial charge in [0.1, 0.15) is 12.0 Å². The lowest BCUT2D eigenvalue weighted by Crippen LogP contribution is -2.56. The zero-order valence-electron chi connectivity index (χ0n) is 17.3. The SMILES string of the molecule is CN1c2cc(C(=O)N3CCN(c4ccccn4)CC3)ccc2C(=O)N2CCCCC21. The Morgan fingerprint density at radius 3 is 2.63 bits per heavy atom. The Bertz CT molecular complexity index is 955. The van der Waals surface area contributed by atoms with Crippen molar-refractivity contribution in [2.75, 3.05) is 49.6 Å². The van der Waals surface area contributed by atoms with Crippen molar-refractivity contribution in [2.45, 2.75) is 25.4 Å². The number of piperidine rings is 1. The summed E-state index contributed by atoms with van der Waals surface area (Å²) in [5.41, 5.74) is 2.23. The minimum atomic E-state index is 0.0328. The van der Waals surface area contributed by atoms with Gasteiger partial charge in [0, 0.05) is 51.5 Å². The molecule has 156 valence electrons. The largest absolute Gasteiger partial charge is 0.354 e. The highest BCUT2D eigenvalue weighted by Gasteiger charge is 2.37. The molecule has 7 heteroatoms. The van der Waals surface area contributed by atoms with Crippen LogP contribution in [0.2, 0.25) is 0 Å². The Labute approximate surface area is 176 Å². The van der Waals surface area contributed by atoms with Crippen molar-refractivity contribution in [3.05, 3.63) is 53.7 Å². The van der Waals surface area contributed by atoms with Gasteiger partial charge in [-0.25, -0.2) is 4.98 Å². The van der Waals surface area contributed by atoms with Crippen molar-refractivity contribution in [1.29, 1.82) is 0 Å². The first-order valence-electron chi connectivity index (χ1n) is 10.8. The molecule has 1 aromatic heterocycles. The van der Waals surface area contributed by atoms with E-state index < -0.39 is 0 Å². The van der Waals surface area contributed by atoms with Gasteiger partial charge in [-0.2, -0.15) is 0 Å². The van der Waals surface area contributed by atoms with Gasteiger partial charge < -0.3 is 19.6 Å². The van der Waals surface area contributed by atoms with Crippen LogP contribution in [0.4, 0.5) is 11.5 Å². The fourth-order valence-electron chi connectivity index (χ4n) is 4.87. The topological polar surface area (TPSA) is 60.0 Å². The van der Waals surface area contributed by atoms with E-state index in [1.807, 2.05) is 53.2 Å². The van der Waals surface area contributed by atoms with Crippen LogP contribution in [0.3, 0.4) is 0 Å². The molecule has 0 saturated carbocycles. The van der Waals surface area contributed by atoms with Crippen LogP contribution >= 0.6 is 0 Å². The van der Waals surface area contributed by atoms with Gasteiger partial charge in [-0.15, -0.1) is 0 Å². The minimum absolute atomic E-state index is 0.0328. The average Bonchev–Trinajstić information content (AvgIpc) is 2.82. The van der Waals surface area contributed by atoms with Gasteiger partial charge in [-0.05, 0) is 49.6 Å². The summed E-state index contributed by atoms with van der Waals surface area (Å²) in [4.78, 5) is 38.8. The molecule has 7 nitrogen and oxygen atoms in total. The van der Waals surface area contributed by atoms with E-state index in [0.717, 1.165) is 50.4 Å². The minimum Gasteiger partial charge on any atom is -0.354 e. The third-order valence-electron chi connectivity index (χ3n) is 6.57. The summed E-state index contributed by atoms with van der Waals surface area (Å²) in [5, 5.41) is 0. The van der Waals surface area contributed by atoms with E-state index >= 15 is 0 Å². The van der Waals surface area contributed by atoms with Crippen molar-refractivity contribution in [3.63, 3.8) is 0 Å². The molecule has 0 radical (unpaired) electrons. The Morgan fingerprint density at radius 1 is 1.03 bits per heavy atom. The monoisotopic (exact) mass is 405 g/mol. The van der Waals surface area contributed by atoms with Crippen molar-refractivity contribution < 1.29 is 9.59 Å². The number of nitrogens with zero attached hydrogens (tertiary/aromatic N) is 5. The predicted octanol–water partition coefficient (Wildman–Crippen LogP) is 2.45. The van der Waals surface area contributed by atoms with Crippen LogP contribution in [0.25, 0.3) is 0 Å². The molecule has 1 unspecified atom stereocenters. The van der Waals surface area contributed by atoms with Gasteiger partial charge >= 0.3 is 0 Å². The van der Waals surface area contributed by atoms with E-state index in [2.05, 4.69) is 14.8 Å². The number of hydrogen-bond donors (Lipinski definition) is 0. The second-order valence-electron chi connectivity index (χ2n) is 8.28. The number of aromatic nitrogens is 1. The van der Waals surface area contributed by atoms with Crippen LogP contribution in [0.5, 0.6) is 0 Å². The molecule has 1 aromatic carbocycles. The second kappa shape index (κ2) is 7.63.